The largest absolute Gasteiger partial charge is 0.368 e. The smallest absolute Gasteiger partial charge is 0.289 e. The lowest BCUT2D eigenvalue weighted by Gasteiger charge is -2.33. The lowest BCUT2D eigenvalue weighted by atomic mass is 9.90. The van der Waals surface area contributed by atoms with Crippen molar-refractivity contribution in [2.75, 3.05) is 18.8 Å². The molecule has 4 rings (SSSR count). The van der Waals surface area contributed by atoms with E-state index < -0.39 is 0 Å². The molecule has 1 aromatic carbocycles. The number of hydrogen-bond donors (Lipinski definition) is 1. The van der Waals surface area contributed by atoms with E-state index in [1.807, 2.05) is 6.07 Å². The topological polar surface area (TPSA) is 89.9 Å². The molecule has 1 saturated heterocycles. The first kappa shape index (κ1) is 18.1. The van der Waals surface area contributed by atoms with Crippen molar-refractivity contribution in [2.24, 2.45) is 7.05 Å². The number of aryl methyl sites for hydroxylation is 1. The van der Waals surface area contributed by atoms with E-state index in [0.29, 0.717) is 24.5 Å². The van der Waals surface area contributed by atoms with E-state index in [-0.39, 0.29) is 23.6 Å². The number of rotatable bonds is 3. The molecule has 0 unspecified atom stereocenters. The molecule has 0 aliphatic carbocycles. The van der Waals surface area contributed by atoms with Crippen LogP contribution in [-0.2, 0) is 7.05 Å². The van der Waals surface area contributed by atoms with Crippen molar-refractivity contribution in [3.8, 4) is 11.1 Å². The maximum absolute atomic E-state index is 13.7. The highest BCUT2D eigenvalue weighted by atomic mass is 19.1. The summed E-state index contributed by atoms with van der Waals surface area (Å²) in [5, 5.41) is 0. The van der Waals surface area contributed by atoms with Crippen LogP contribution >= 0.6 is 0 Å². The SMILES string of the molecule is Cn1ccnc1C(=O)N1CCC[C@H](c2nc(N)ncc2-c2cccc(F)c2)C1. The summed E-state index contributed by atoms with van der Waals surface area (Å²) in [7, 11) is 1.80. The molecule has 7 nitrogen and oxygen atoms in total. The Bertz CT molecular complexity index is 1020. The molecule has 8 heteroatoms. The third-order valence-electron chi connectivity index (χ3n) is 5.08. The Morgan fingerprint density at radius 1 is 1.32 bits per heavy atom. The molecule has 144 valence electrons. The van der Waals surface area contributed by atoms with Crippen LogP contribution in [0.1, 0.15) is 35.1 Å². The van der Waals surface area contributed by atoms with Crippen LogP contribution in [0.4, 0.5) is 10.3 Å². The second kappa shape index (κ2) is 7.38. The Kier molecular flexibility index (Phi) is 4.77. The highest BCUT2D eigenvalue weighted by molar-refractivity contribution is 5.91. The molecule has 28 heavy (non-hydrogen) atoms. The molecule has 2 N–H and O–H groups in total. The minimum absolute atomic E-state index is 0.0125. The Morgan fingerprint density at radius 3 is 2.93 bits per heavy atom. The number of nitrogen functional groups attached to an aromatic ring is 1. The molecule has 1 fully saturated rings. The molecular weight excluding hydrogens is 359 g/mol. The standard InChI is InChI=1S/C20H21FN6O/c1-26-9-7-23-18(26)19(28)27-8-3-5-14(12-27)17-16(11-24-20(22)25-17)13-4-2-6-15(21)10-13/h2,4,6-7,9-11,14H,3,5,8,12H2,1H3,(H2,22,24,25)/t14-/m0/s1. The van der Waals surface area contributed by atoms with Crippen LogP contribution < -0.4 is 5.73 Å². The Hall–Kier alpha value is -3.29. The van der Waals surface area contributed by atoms with E-state index in [1.165, 1.54) is 12.1 Å². The van der Waals surface area contributed by atoms with Crippen molar-refractivity contribution in [3.05, 3.63) is 60.2 Å². The second-order valence-corrected chi connectivity index (χ2v) is 6.99. The number of aromatic nitrogens is 4. The first-order chi connectivity index (χ1) is 13.5. The number of anilines is 1. The number of imidazole rings is 1. The summed E-state index contributed by atoms with van der Waals surface area (Å²) in [5.41, 5.74) is 8.03. The molecule has 0 saturated carbocycles. The van der Waals surface area contributed by atoms with Crippen molar-refractivity contribution < 1.29 is 9.18 Å². The predicted molar refractivity (Wildman–Crippen MR) is 103 cm³/mol. The summed E-state index contributed by atoms with van der Waals surface area (Å²) in [5.74, 6) is 0.138. The molecule has 0 bridgehead atoms. The van der Waals surface area contributed by atoms with Gasteiger partial charge in [0.15, 0.2) is 5.82 Å². The van der Waals surface area contributed by atoms with Gasteiger partial charge in [-0.2, -0.15) is 0 Å². The summed E-state index contributed by atoms with van der Waals surface area (Å²) in [4.78, 5) is 27.4. The van der Waals surface area contributed by atoms with E-state index in [2.05, 4.69) is 15.0 Å². The summed E-state index contributed by atoms with van der Waals surface area (Å²) >= 11 is 0. The number of benzene rings is 1. The first-order valence-corrected chi connectivity index (χ1v) is 9.18. The number of amides is 1. The Balaban J connectivity index is 1.66. The summed E-state index contributed by atoms with van der Waals surface area (Å²) < 4.78 is 15.5. The molecule has 1 aliphatic heterocycles. The van der Waals surface area contributed by atoms with Crippen molar-refractivity contribution in [1.29, 1.82) is 0 Å². The quantitative estimate of drug-likeness (QED) is 0.754. The van der Waals surface area contributed by atoms with E-state index in [4.69, 9.17) is 5.73 Å². The molecule has 0 spiro atoms. The zero-order chi connectivity index (χ0) is 19.7. The van der Waals surface area contributed by atoms with Crippen molar-refractivity contribution in [3.63, 3.8) is 0 Å². The van der Waals surface area contributed by atoms with Gasteiger partial charge in [-0.3, -0.25) is 4.79 Å². The zero-order valence-corrected chi connectivity index (χ0v) is 15.5. The van der Waals surface area contributed by atoms with Crippen LogP contribution in [0.5, 0.6) is 0 Å². The van der Waals surface area contributed by atoms with Crippen LogP contribution in [0.2, 0.25) is 0 Å². The van der Waals surface area contributed by atoms with Crippen LogP contribution in [0.25, 0.3) is 11.1 Å². The van der Waals surface area contributed by atoms with Gasteiger partial charge in [-0.1, -0.05) is 12.1 Å². The summed E-state index contributed by atoms with van der Waals surface area (Å²) in [6, 6.07) is 6.33. The monoisotopic (exact) mass is 380 g/mol. The minimum Gasteiger partial charge on any atom is -0.368 e. The summed E-state index contributed by atoms with van der Waals surface area (Å²) in [6.45, 7) is 1.17. The number of nitrogens with two attached hydrogens (primary N) is 1. The normalized spacial score (nSPS) is 16.9. The van der Waals surface area contributed by atoms with Gasteiger partial charge in [0.05, 0.1) is 5.69 Å². The number of carbonyl (C=O) groups is 1. The number of carbonyl (C=O) groups excluding carboxylic acids is 1. The van der Waals surface area contributed by atoms with Gasteiger partial charge >= 0.3 is 0 Å². The number of likely N-dealkylation sites (tertiary alicyclic amines) is 1. The van der Waals surface area contributed by atoms with Gasteiger partial charge in [-0.25, -0.2) is 19.3 Å². The molecule has 3 aromatic rings. The van der Waals surface area contributed by atoms with Gasteiger partial charge in [0, 0.05) is 50.2 Å². The predicted octanol–water partition coefficient (Wildman–Crippen LogP) is 2.62. The third-order valence-corrected chi connectivity index (χ3v) is 5.08. The lowest BCUT2D eigenvalue weighted by molar-refractivity contribution is 0.0690. The van der Waals surface area contributed by atoms with Crippen molar-refractivity contribution in [1.82, 2.24) is 24.4 Å². The Labute approximate surface area is 162 Å². The molecule has 1 amide bonds. The fourth-order valence-corrected chi connectivity index (χ4v) is 3.70. The van der Waals surface area contributed by atoms with E-state index in [9.17, 15) is 9.18 Å². The molecule has 0 radical (unpaired) electrons. The molecule has 2 aromatic heterocycles. The fourth-order valence-electron chi connectivity index (χ4n) is 3.70. The maximum atomic E-state index is 13.7. The van der Waals surface area contributed by atoms with Crippen molar-refractivity contribution in [2.45, 2.75) is 18.8 Å². The highest BCUT2D eigenvalue weighted by Gasteiger charge is 2.30. The number of hydrogen-bond acceptors (Lipinski definition) is 5. The average Bonchev–Trinajstić information content (AvgIpc) is 3.13. The third kappa shape index (κ3) is 3.45. The molecular formula is C20H21FN6O. The van der Waals surface area contributed by atoms with Crippen LogP contribution in [0, 0.1) is 5.82 Å². The number of piperidine rings is 1. The summed E-state index contributed by atoms with van der Waals surface area (Å²) in [6.07, 6.45) is 6.70. The molecule has 3 heterocycles. The van der Waals surface area contributed by atoms with E-state index >= 15 is 0 Å². The van der Waals surface area contributed by atoms with Gasteiger partial charge in [0.1, 0.15) is 5.82 Å². The lowest BCUT2D eigenvalue weighted by Crippen LogP contribution is -2.40. The van der Waals surface area contributed by atoms with Crippen LogP contribution in [0.15, 0.2) is 42.9 Å². The highest BCUT2D eigenvalue weighted by Crippen LogP contribution is 2.33. The maximum Gasteiger partial charge on any atom is 0.289 e. The second-order valence-electron chi connectivity index (χ2n) is 6.99. The van der Waals surface area contributed by atoms with Gasteiger partial charge < -0.3 is 15.2 Å². The Morgan fingerprint density at radius 2 is 2.18 bits per heavy atom. The first-order valence-electron chi connectivity index (χ1n) is 9.18. The average molecular weight is 380 g/mol. The molecule has 1 aliphatic rings. The van der Waals surface area contributed by atoms with Gasteiger partial charge in [-0.15, -0.1) is 0 Å². The number of nitrogens with zero attached hydrogens (tertiary/aromatic N) is 5. The zero-order valence-electron chi connectivity index (χ0n) is 15.5. The van der Waals surface area contributed by atoms with Gasteiger partial charge in [0.2, 0.25) is 5.95 Å². The minimum atomic E-state index is -0.324. The van der Waals surface area contributed by atoms with Crippen LogP contribution in [0.3, 0.4) is 0 Å². The van der Waals surface area contributed by atoms with Crippen molar-refractivity contribution >= 4 is 11.9 Å². The van der Waals surface area contributed by atoms with Gasteiger partial charge in [-0.05, 0) is 30.5 Å². The van der Waals surface area contributed by atoms with Gasteiger partial charge in [0.25, 0.3) is 5.91 Å². The molecule has 1 atom stereocenters. The number of halogens is 1. The fraction of sp³-hybridized carbons (Fsp3) is 0.300. The van der Waals surface area contributed by atoms with E-state index in [0.717, 1.165) is 24.1 Å². The van der Waals surface area contributed by atoms with Crippen LogP contribution in [-0.4, -0.2) is 43.4 Å². The van der Waals surface area contributed by atoms with E-state index in [1.54, 1.807) is 41.2 Å².